The van der Waals surface area contributed by atoms with E-state index < -0.39 is 5.41 Å². The third kappa shape index (κ3) is 8.90. The van der Waals surface area contributed by atoms with Crippen LogP contribution in [-0.2, 0) is 24.0 Å². The summed E-state index contributed by atoms with van der Waals surface area (Å²) in [4.78, 5) is 93.6. The average molecular weight is 980 g/mol. The summed E-state index contributed by atoms with van der Waals surface area (Å²) in [6.45, 7) is 10.5. The van der Waals surface area contributed by atoms with E-state index >= 15 is 4.79 Å². The van der Waals surface area contributed by atoms with Crippen molar-refractivity contribution >= 4 is 57.8 Å². The highest BCUT2D eigenvalue weighted by Crippen LogP contribution is 2.55. The van der Waals surface area contributed by atoms with Crippen molar-refractivity contribution in [2.24, 2.45) is 17.3 Å². The first-order chi connectivity index (χ1) is 35.0. The first kappa shape index (κ1) is 47.4. The molecule has 2 atom stereocenters. The molecule has 5 saturated heterocycles. The summed E-state index contributed by atoms with van der Waals surface area (Å²) in [5.41, 5.74) is 6.70. The van der Waals surface area contributed by atoms with Gasteiger partial charge in [-0.15, -0.1) is 0 Å². The minimum Gasteiger partial charge on any atom is -0.366 e. The monoisotopic (exact) mass is 980 g/mol. The van der Waals surface area contributed by atoms with Crippen molar-refractivity contribution in [2.45, 2.75) is 160 Å². The maximum absolute atomic E-state index is 15.3. The zero-order chi connectivity index (χ0) is 49.3. The molecule has 0 radical (unpaired) electrons. The molecule has 16 heteroatoms. The summed E-state index contributed by atoms with van der Waals surface area (Å²) >= 11 is 0. The van der Waals surface area contributed by atoms with E-state index in [1.165, 1.54) is 24.8 Å². The number of rotatable bonds is 11. The van der Waals surface area contributed by atoms with Crippen molar-refractivity contribution < 1.29 is 24.0 Å². The maximum atomic E-state index is 15.3. The summed E-state index contributed by atoms with van der Waals surface area (Å²) in [6.07, 6.45) is 21.7. The Morgan fingerprint density at radius 2 is 1.62 bits per heavy atom. The van der Waals surface area contributed by atoms with Gasteiger partial charge in [0.2, 0.25) is 29.5 Å². The summed E-state index contributed by atoms with van der Waals surface area (Å²) in [7, 11) is 0. The molecule has 9 aliphatic rings. The largest absolute Gasteiger partial charge is 0.366 e. The second kappa shape index (κ2) is 19.3. The van der Waals surface area contributed by atoms with Crippen LogP contribution < -0.4 is 15.5 Å². The number of imidazole rings is 1. The molecule has 5 amide bonds. The summed E-state index contributed by atoms with van der Waals surface area (Å²) in [5.74, 6) is 1.50. The smallest absolute Gasteiger partial charge is 0.237 e. The van der Waals surface area contributed by atoms with Crippen LogP contribution in [0.3, 0.4) is 0 Å². The highest BCUT2D eigenvalue weighted by molar-refractivity contribution is 6.01. The molecule has 1 unspecified atom stereocenters. The highest BCUT2D eigenvalue weighted by Gasteiger charge is 2.57. The van der Waals surface area contributed by atoms with Gasteiger partial charge in [0.1, 0.15) is 11.3 Å². The third-order valence-corrected chi connectivity index (χ3v) is 18.3. The van der Waals surface area contributed by atoms with Crippen LogP contribution in [-0.4, -0.2) is 139 Å². The fourth-order valence-corrected chi connectivity index (χ4v) is 13.8. The molecule has 2 N–H and O–H groups in total. The fourth-order valence-electron chi connectivity index (χ4n) is 13.8. The van der Waals surface area contributed by atoms with E-state index in [1.807, 2.05) is 28.3 Å². The van der Waals surface area contributed by atoms with Gasteiger partial charge in [-0.05, 0) is 164 Å². The Labute approximate surface area is 423 Å². The van der Waals surface area contributed by atoms with Gasteiger partial charge in [-0.2, -0.15) is 0 Å². The van der Waals surface area contributed by atoms with Crippen molar-refractivity contribution in [1.29, 1.82) is 0 Å². The lowest BCUT2D eigenvalue weighted by Gasteiger charge is -2.49. The van der Waals surface area contributed by atoms with Gasteiger partial charge in [0.05, 0.1) is 34.8 Å². The molecular weight excluding hydrogens is 907 g/mol. The van der Waals surface area contributed by atoms with Gasteiger partial charge in [0.25, 0.3) is 0 Å². The molecule has 1 spiro atoms. The lowest BCUT2D eigenvalue weighted by molar-refractivity contribution is -0.148. The average Bonchev–Trinajstić information content (AvgIpc) is 4.05. The molecular formula is C56H73N11O5. The molecule has 9 heterocycles. The number of piperidine rings is 5. The number of imide groups is 1. The van der Waals surface area contributed by atoms with Gasteiger partial charge in [0, 0.05) is 88.2 Å². The number of fused-ring (bicyclic) bond motifs is 2. The number of carbonyl (C=O) groups excluding carboxylic acids is 5. The van der Waals surface area contributed by atoms with Gasteiger partial charge < -0.3 is 34.4 Å². The number of allylic oxidation sites excluding steroid dienone is 2. The molecule has 382 valence electrons. The molecule has 3 aromatic heterocycles. The van der Waals surface area contributed by atoms with E-state index in [9.17, 15) is 19.2 Å². The molecule has 3 aromatic rings. The van der Waals surface area contributed by atoms with E-state index in [4.69, 9.17) is 9.97 Å². The molecule has 3 aliphatic carbocycles. The topological polar surface area (TPSA) is 169 Å². The molecule has 7 fully saturated rings. The first-order valence-electron chi connectivity index (χ1n) is 27.8. The lowest BCUT2D eigenvalue weighted by atomic mass is 9.70. The van der Waals surface area contributed by atoms with Crippen LogP contribution in [0.2, 0.25) is 0 Å². The number of carbonyl (C=O) groups is 5. The van der Waals surface area contributed by atoms with E-state index in [0.717, 1.165) is 136 Å². The maximum Gasteiger partial charge on any atom is 0.237 e. The molecule has 16 nitrogen and oxygen atoms in total. The van der Waals surface area contributed by atoms with E-state index in [-0.39, 0.29) is 59.4 Å². The van der Waals surface area contributed by atoms with Crippen molar-refractivity contribution in [3.05, 3.63) is 59.3 Å². The minimum absolute atomic E-state index is 0.134. The van der Waals surface area contributed by atoms with E-state index in [2.05, 4.69) is 60.9 Å². The first-order valence-corrected chi connectivity index (χ1v) is 27.8. The van der Waals surface area contributed by atoms with Gasteiger partial charge >= 0.3 is 0 Å². The fraction of sp³-hybridized carbons (Fsp3) is 0.643. The number of nitrogens with one attached hydrogen (secondary N) is 2. The van der Waals surface area contributed by atoms with Crippen molar-refractivity contribution in [2.75, 3.05) is 62.6 Å². The number of likely N-dealkylation sites (tertiary alicyclic amines) is 3. The molecule has 12 rings (SSSR count). The third-order valence-electron chi connectivity index (χ3n) is 18.3. The van der Waals surface area contributed by atoms with Gasteiger partial charge in [-0.25, -0.2) is 15.0 Å². The van der Waals surface area contributed by atoms with Gasteiger partial charge in [-0.3, -0.25) is 29.3 Å². The standard InChI is InChI=1S/C56H73N11O5/c1-35(2)66-34-58-46-31-45(60-52(51(46)66)59-40-10-11-40)37-8-13-44-47(28-37)67(42-29-41(30-42)62-20-4-3-5-21-62)55(72)56(44)18-25-64(26-19-56)54(71)39-7-6-22-65(33-39)50(69)27-36-16-23-63(24-17-36)48-14-9-38(32-57-48)43-12-15-49(68)61-53(43)70/h9,14,28,31-32,34-36,39-43H,3-8,10-13,15-27,29-30,33H2,1-2H3,(H,59,60)(H,61,68,70)/t39-,41-,42+,43?/m1/s1. The van der Waals surface area contributed by atoms with Crippen LogP contribution in [0, 0.1) is 17.3 Å². The summed E-state index contributed by atoms with van der Waals surface area (Å²) in [5, 5.41) is 6.16. The zero-order valence-corrected chi connectivity index (χ0v) is 42.5. The SMILES string of the molecule is CC(C)n1cnc2cc(C3=CC4=C(CC3)C3(CCN(C(=O)[C@@H]5CCCN(C(=O)CC6CCN(c7ccc(C8CCC(=O)NC8=O)cn7)CC6)C5)CC3)C(=O)N4[C@H]3C[C@@H](N4CCCCC4)C3)nc(NC3CC3)c21. The van der Waals surface area contributed by atoms with Crippen molar-refractivity contribution in [3.63, 3.8) is 0 Å². The minimum atomic E-state index is -0.601. The predicted octanol–water partition coefficient (Wildman–Crippen LogP) is 6.95. The molecule has 6 aliphatic heterocycles. The number of hydrogen-bond donors (Lipinski definition) is 2. The number of hydrogen-bond acceptors (Lipinski definition) is 11. The van der Waals surface area contributed by atoms with Crippen LogP contribution in [0.1, 0.15) is 153 Å². The Bertz CT molecular complexity index is 2680. The number of anilines is 2. The normalized spacial score (nSPS) is 27.4. The van der Waals surface area contributed by atoms with Crippen LogP contribution in [0.15, 0.2) is 48.1 Å². The Kier molecular flexibility index (Phi) is 12.7. The Balaban J connectivity index is 0.699. The quantitative estimate of drug-likeness (QED) is 0.191. The number of pyridine rings is 2. The summed E-state index contributed by atoms with van der Waals surface area (Å²) in [6, 6.07) is 7.47. The molecule has 72 heavy (non-hydrogen) atoms. The van der Waals surface area contributed by atoms with Crippen LogP contribution in [0.5, 0.6) is 0 Å². The Morgan fingerprint density at radius 1 is 0.833 bits per heavy atom. The van der Waals surface area contributed by atoms with Crippen LogP contribution >= 0.6 is 0 Å². The van der Waals surface area contributed by atoms with Crippen molar-refractivity contribution in [3.8, 4) is 0 Å². The van der Waals surface area contributed by atoms with E-state index in [0.29, 0.717) is 70.4 Å². The molecule has 0 aromatic carbocycles. The second-order valence-corrected chi connectivity index (χ2v) is 23.1. The number of nitrogens with zero attached hydrogens (tertiary/aromatic N) is 9. The summed E-state index contributed by atoms with van der Waals surface area (Å²) < 4.78 is 2.21. The molecule has 2 saturated carbocycles. The van der Waals surface area contributed by atoms with E-state index in [1.54, 1.807) is 6.20 Å². The van der Waals surface area contributed by atoms with Gasteiger partial charge in [-0.1, -0.05) is 12.5 Å². The van der Waals surface area contributed by atoms with Crippen LogP contribution in [0.25, 0.3) is 16.6 Å². The number of aromatic nitrogens is 4. The Hall–Kier alpha value is -5.64. The lowest BCUT2D eigenvalue weighted by Crippen LogP contribution is -2.57. The second-order valence-electron chi connectivity index (χ2n) is 23.1. The van der Waals surface area contributed by atoms with Crippen LogP contribution in [0.4, 0.5) is 11.6 Å². The number of amides is 5. The predicted molar refractivity (Wildman–Crippen MR) is 274 cm³/mol. The zero-order valence-electron chi connectivity index (χ0n) is 42.5. The highest BCUT2D eigenvalue weighted by atomic mass is 16.2. The molecule has 0 bridgehead atoms. The van der Waals surface area contributed by atoms with Crippen molar-refractivity contribution in [1.82, 2.24) is 44.4 Å². The Morgan fingerprint density at radius 3 is 2.35 bits per heavy atom. The van der Waals surface area contributed by atoms with Gasteiger partial charge in [0.15, 0.2) is 5.82 Å².